The number of aromatic nitrogens is 3. The summed E-state index contributed by atoms with van der Waals surface area (Å²) in [6.45, 7) is 3.90. The Bertz CT molecular complexity index is 1470. The molecule has 0 bridgehead atoms. The molecule has 8 nitrogen and oxygen atoms in total. The molecule has 4 heterocycles. The fourth-order valence-corrected chi connectivity index (χ4v) is 5.57. The van der Waals surface area contributed by atoms with Crippen molar-refractivity contribution in [3.63, 3.8) is 0 Å². The number of amides is 1. The number of pyridine rings is 1. The largest absolute Gasteiger partial charge is 0.367 e. The fraction of sp³-hybridized carbons (Fsp3) is 0.323. The van der Waals surface area contributed by atoms with E-state index in [2.05, 4.69) is 69.7 Å². The summed E-state index contributed by atoms with van der Waals surface area (Å²) in [6, 6.07) is 22.6. The smallest absolute Gasteiger partial charge is 0.253 e. The molecule has 0 saturated carbocycles. The van der Waals surface area contributed by atoms with Crippen molar-refractivity contribution in [2.24, 2.45) is 0 Å². The number of fused-ring (bicyclic) bond motifs is 1. The number of carbonyl (C=O) groups excluding carboxylic acids is 1. The standard InChI is InChI=1S/C31H35N7O/c1-35-19-16-26(17-20-35)36(2)30(39)24-10-12-25(13-11-24)32-31-33-29-28(9-6-18-38(29)34-31)23-14-21-37(22-15-23)27-7-4-3-5-8-27/h3-14,18,26H,15-17,19-22H2,1-2H3,(H,32,34). The number of benzene rings is 2. The first kappa shape index (κ1) is 25.1. The van der Waals surface area contributed by atoms with E-state index in [4.69, 9.17) is 4.98 Å². The van der Waals surface area contributed by atoms with Crippen molar-refractivity contribution in [3.05, 3.63) is 90.1 Å². The predicted octanol–water partition coefficient (Wildman–Crippen LogP) is 4.93. The lowest BCUT2D eigenvalue weighted by Crippen LogP contribution is -2.44. The van der Waals surface area contributed by atoms with Gasteiger partial charge in [-0.1, -0.05) is 24.3 Å². The molecule has 1 saturated heterocycles. The molecule has 1 amide bonds. The van der Waals surface area contributed by atoms with Crippen molar-refractivity contribution in [1.29, 1.82) is 0 Å². The molecule has 0 aliphatic carbocycles. The minimum atomic E-state index is 0.0678. The van der Waals surface area contributed by atoms with Crippen molar-refractivity contribution in [3.8, 4) is 0 Å². The van der Waals surface area contributed by atoms with Gasteiger partial charge >= 0.3 is 0 Å². The Balaban J connectivity index is 1.14. The molecule has 0 radical (unpaired) electrons. The molecule has 2 aliphatic rings. The van der Waals surface area contributed by atoms with E-state index in [9.17, 15) is 4.79 Å². The number of carbonyl (C=O) groups is 1. The minimum absolute atomic E-state index is 0.0678. The summed E-state index contributed by atoms with van der Waals surface area (Å²) >= 11 is 0. The number of nitrogens with one attached hydrogen (secondary N) is 1. The van der Waals surface area contributed by atoms with Crippen LogP contribution in [0.2, 0.25) is 0 Å². The Labute approximate surface area is 229 Å². The lowest BCUT2D eigenvalue weighted by Gasteiger charge is -2.35. The molecule has 6 rings (SSSR count). The lowest BCUT2D eigenvalue weighted by atomic mass is 10.00. The van der Waals surface area contributed by atoms with E-state index in [1.807, 2.05) is 53.0 Å². The van der Waals surface area contributed by atoms with Crippen LogP contribution >= 0.6 is 0 Å². The zero-order chi connectivity index (χ0) is 26.8. The SMILES string of the molecule is CN1CCC(N(C)C(=O)c2ccc(Nc3nc4c(C5=CCN(c6ccccc6)CC5)cccn4n3)cc2)CC1. The Kier molecular flexibility index (Phi) is 7.02. The van der Waals surface area contributed by atoms with Gasteiger partial charge in [0.25, 0.3) is 5.91 Å². The summed E-state index contributed by atoms with van der Waals surface area (Å²) in [7, 11) is 4.05. The Morgan fingerprint density at radius 2 is 1.74 bits per heavy atom. The summed E-state index contributed by atoms with van der Waals surface area (Å²) in [5.41, 5.74) is 6.04. The van der Waals surface area contributed by atoms with E-state index in [0.717, 1.165) is 62.3 Å². The zero-order valence-corrected chi connectivity index (χ0v) is 22.6. The van der Waals surface area contributed by atoms with Gasteiger partial charge in [-0.2, -0.15) is 4.98 Å². The van der Waals surface area contributed by atoms with E-state index in [1.165, 1.54) is 11.3 Å². The van der Waals surface area contributed by atoms with Crippen molar-refractivity contribution in [2.75, 3.05) is 50.5 Å². The van der Waals surface area contributed by atoms with Crippen LogP contribution in [0.4, 0.5) is 17.3 Å². The van der Waals surface area contributed by atoms with Crippen molar-refractivity contribution in [1.82, 2.24) is 24.4 Å². The van der Waals surface area contributed by atoms with Gasteiger partial charge in [-0.05, 0) is 93.5 Å². The van der Waals surface area contributed by atoms with Crippen LogP contribution in [0.3, 0.4) is 0 Å². The number of anilines is 3. The number of nitrogens with zero attached hydrogens (tertiary/aromatic N) is 6. The fourth-order valence-electron chi connectivity index (χ4n) is 5.57. The molecule has 4 aromatic rings. The van der Waals surface area contributed by atoms with Gasteiger partial charge < -0.3 is 20.0 Å². The maximum Gasteiger partial charge on any atom is 0.253 e. The monoisotopic (exact) mass is 521 g/mol. The van der Waals surface area contributed by atoms with Gasteiger partial charge in [-0.3, -0.25) is 4.79 Å². The average Bonchev–Trinajstić information content (AvgIpc) is 3.40. The van der Waals surface area contributed by atoms with E-state index in [1.54, 1.807) is 0 Å². The molecule has 8 heteroatoms. The van der Waals surface area contributed by atoms with Crippen LogP contribution in [0.25, 0.3) is 11.2 Å². The number of hydrogen-bond donors (Lipinski definition) is 1. The quantitative estimate of drug-likeness (QED) is 0.388. The summed E-state index contributed by atoms with van der Waals surface area (Å²) in [4.78, 5) is 24.5. The number of rotatable bonds is 6. The Hall–Kier alpha value is -4.17. The summed E-state index contributed by atoms with van der Waals surface area (Å²) in [6.07, 6.45) is 7.21. The summed E-state index contributed by atoms with van der Waals surface area (Å²) in [5, 5.41) is 7.97. The second kappa shape index (κ2) is 10.9. The third-order valence-corrected chi connectivity index (χ3v) is 7.98. The molecule has 200 valence electrons. The topological polar surface area (TPSA) is 69.0 Å². The number of piperidine rings is 1. The van der Waals surface area contributed by atoms with Gasteiger partial charge in [0.15, 0.2) is 5.65 Å². The van der Waals surface area contributed by atoms with Crippen LogP contribution in [-0.4, -0.2) is 76.6 Å². The number of para-hydroxylation sites is 1. The molecule has 2 aliphatic heterocycles. The maximum absolute atomic E-state index is 13.1. The Morgan fingerprint density at radius 3 is 2.46 bits per heavy atom. The third kappa shape index (κ3) is 5.38. The highest BCUT2D eigenvalue weighted by Gasteiger charge is 2.24. The second-order valence-electron chi connectivity index (χ2n) is 10.5. The number of hydrogen-bond acceptors (Lipinski definition) is 6. The molecule has 0 unspecified atom stereocenters. The average molecular weight is 522 g/mol. The maximum atomic E-state index is 13.1. The van der Waals surface area contributed by atoms with Crippen LogP contribution < -0.4 is 10.2 Å². The molecule has 39 heavy (non-hydrogen) atoms. The Morgan fingerprint density at radius 1 is 0.974 bits per heavy atom. The third-order valence-electron chi connectivity index (χ3n) is 7.98. The molecule has 0 spiro atoms. The minimum Gasteiger partial charge on any atom is -0.367 e. The van der Waals surface area contributed by atoms with E-state index in [-0.39, 0.29) is 5.91 Å². The molecule has 2 aromatic heterocycles. The van der Waals surface area contributed by atoms with Gasteiger partial charge in [0, 0.05) is 54.9 Å². The lowest BCUT2D eigenvalue weighted by molar-refractivity contribution is 0.0659. The zero-order valence-electron chi connectivity index (χ0n) is 22.6. The van der Waals surface area contributed by atoms with E-state index >= 15 is 0 Å². The highest BCUT2D eigenvalue weighted by Crippen LogP contribution is 2.28. The first-order chi connectivity index (χ1) is 19.0. The van der Waals surface area contributed by atoms with Crippen molar-refractivity contribution in [2.45, 2.75) is 25.3 Å². The second-order valence-corrected chi connectivity index (χ2v) is 10.5. The van der Waals surface area contributed by atoms with Crippen LogP contribution in [0.5, 0.6) is 0 Å². The van der Waals surface area contributed by atoms with Crippen LogP contribution in [0, 0.1) is 0 Å². The molecular weight excluding hydrogens is 486 g/mol. The molecule has 1 N–H and O–H groups in total. The van der Waals surface area contributed by atoms with E-state index < -0.39 is 0 Å². The van der Waals surface area contributed by atoms with Gasteiger partial charge in [-0.25, -0.2) is 4.52 Å². The van der Waals surface area contributed by atoms with Crippen LogP contribution in [0.1, 0.15) is 35.2 Å². The summed E-state index contributed by atoms with van der Waals surface area (Å²) in [5.74, 6) is 0.602. The van der Waals surface area contributed by atoms with Gasteiger partial charge in [-0.15, -0.1) is 5.10 Å². The molecule has 2 aromatic carbocycles. The molecule has 1 fully saturated rings. The van der Waals surface area contributed by atoms with Crippen LogP contribution in [-0.2, 0) is 0 Å². The highest BCUT2D eigenvalue weighted by molar-refractivity contribution is 5.94. The molecular formula is C31H35N7O. The van der Waals surface area contributed by atoms with Crippen LogP contribution in [0.15, 0.2) is 79.0 Å². The highest BCUT2D eigenvalue weighted by atomic mass is 16.2. The molecule has 0 atom stereocenters. The van der Waals surface area contributed by atoms with E-state index in [0.29, 0.717) is 17.6 Å². The first-order valence-electron chi connectivity index (χ1n) is 13.7. The number of likely N-dealkylation sites (tertiary alicyclic amines) is 1. The van der Waals surface area contributed by atoms with Gasteiger partial charge in [0.05, 0.1) is 0 Å². The van der Waals surface area contributed by atoms with Gasteiger partial charge in [0.1, 0.15) is 0 Å². The van der Waals surface area contributed by atoms with Crippen molar-refractivity contribution >= 4 is 34.5 Å². The first-order valence-corrected chi connectivity index (χ1v) is 13.7. The van der Waals surface area contributed by atoms with Gasteiger partial charge in [0.2, 0.25) is 5.95 Å². The predicted molar refractivity (Wildman–Crippen MR) is 157 cm³/mol. The van der Waals surface area contributed by atoms with Crippen molar-refractivity contribution < 1.29 is 4.79 Å². The normalized spacial score (nSPS) is 16.8. The summed E-state index contributed by atoms with van der Waals surface area (Å²) < 4.78 is 1.83.